The molecule has 1 atom stereocenters. The van der Waals surface area contributed by atoms with Gasteiger partial charge in [0.1, 0.15) is 23.0 Å². The maximum absolute atomic E-state index is 14.4. The Balaban J connectivity index is 1.62. The molecular formula is C30H29FN6O2S. The van der Waals surface area contributed by atoms with Gasteiger partial charge in [-0.15, -0.1) is 11.3 Å². The number of hydrogen-bond acceptors (Lipinski definition) is 6. The number of amides is 1. The molecule has 0 saturated heterocycles. The SMILES string of the molecule is C=CC(=O)N1Cc2cc(-c3nc(-c4cnn(C)c4)c4ccsc4c3-c3ccc(F)cc3OC(C)C)nn2C[C@@H]1C. The second-order valence-electron chi connectivity index (χ2n) is 10.3. The number of fused-ring (bicyclic) bond motifs is 2. The number of thiophene rings is 1. The topological polar surface area (TPSA) is 78.1 Å². The fourth-order valence-corrected chi connectivity index (χ4v) is 6.18. The first-order valence-corrected chi connectivity index (χ1v) is 14.0. The molecule has 5 heterocycles. The van der Waals surface area contributed by atoms with Crippen molar-refractivity contribution in [2.75, 3.05) is 0 Å². The van der Waals surface area contributed by atoms with Crippen LogP contribution in [-0.2, 0) is 24.9 Å². The molecule has 1 aliphatic rings. The normalized spacial score (nSPS) is 15.1. The molecule has 0 unspecified atom stereocenters. The molecule has 1 amide bonds. The Morgan fingerprint density at radius 3 is 2.80 bits per heavy atom. The lowest BCUT2D eigenvalue weighted by molar-refractivity contribution is -0.129. The highest BCUT2D eigenvalue weighted by Gasteiger charge is 2.29. The molecule has 10 heteroatoms. The second-order valence-corrected chi connectivity index (χ2v) is 11.2. The predicted molar refractivity (Wildman–Crippen MR) is 154 cm³/mol. The van der Waals surface area contributed by atoms with Crippen LogP contribution in [-0.4, -0.2) is 47.5 Å². The third-order valence-electron chi connectivity index (χ3n) is 7.03. The summed E-state index contributed by atoms with van der Waals surface area (Å²) in [5.41, 5.74) is 5.48. The van der Waals surface area contributed by atoms with Crippen molar-refractivity contribution < 1.29 is 13.9 Å². The maximum Gasteiger partial charge on any atom is 0.246 e. The molecule has 6 rings (SSSR count). The van der Waals surface area contributed by atoms with Crippen molar-refractivity contribution >= 4 is 27.3 Å². The van der Waals surface area contributed by atoms with Gasteiger partial charge in [-0.3, -0.25) is 14.2 Å². The number of hydrogen-bond donors (Lipinski definition) is 0. The first-order valence-electron chi connectivity index (χ1n) is 13.1. The van der Waals surface area contributed by atoms with Gasteiger partial charge in [0.25, 0.3) is 0 Å². The smallest absolute Gasteiger partial charge is 0.246 e. The van der Waals surface area contributed by atoms with Gasteiger partial charge in [0, 0.05) is 52.1 Å². The van der Waals surface area contributed by atoms with Gasteiger partial charge in [-0.05, 0) is 56.5 Å². The molecule has 0 aliphatic carbocycles. The Bertz CT molecular complexity index is 1770. The molecule has 0 saturated carbocycles. The van der Waals surface area contributed by atoms with Crippen LogP contribution in [0.15, 0.2) is 60.8 Å². The largest absolute Gasteiger partial charge is 0.490 e. The van der Waals surface area contributed by atoms with Crippen LogP contribution in [0.2, 0.25) is 0 Å². The van der Waals surface area contributed by atoms with E-state index in [1.54, 1.807) is 33.2 Å². The van der Waals surface area contributed by atoms with Crippen LogP contribution >= 0.6 is 11.3 Å². The summed E-state index contributed by atoms with van der Waals surface area (Å²) in [6.45, 7) is 10.5. The van der Waals surface area contributed by atoms with Gasteiger partial charge in [0.15, 0.2) is 0 Å². The molecule has 8 nitrogen and oxygen atoms in total. The molecule has 0 spiro atoms. The lowest BCUT2D eigenvalue weighted by Gasteiger charge is -2.33. The number of nitrogens with zero attached hydrogens (tertiary/aromatic N) is 6. The number of aryl methyl sites for hydroxylation is 1. The number of aromatic nitrogens is 5. The van der Waals surface area contributed by atoms with E-state index in [4.69, 9.17) is 14.8 Å². The minimum absolute atomic E-state index is 0.0351. The monoisotopic (exact) mass is 556 g/mol. The molecule has 40 heavy (non-hydrogen) atoms. The Labute approximate surface area is 235 Å². The summed E-state index contributed by atoms with van der Waals surface area (Å²) in [6.07, 6.45) is 4.93. The van der Waals surface area contributed by atoms with Gasteiger partial charge in [0.05, 0.1) is 36.8 Å². The van der Waals surface area contributed by atoms with Crippen molar-refractivity contribution in [3.8, 4) is 39.5 Å². The van der Waals surface area contributed by atoms with Crippen molar-refractivity contribution in [3.05, 3.63) is 72.3 Å². The van der Waals surface area contributed by atoms with E-state index in [1.807, 2.05) is 56.2 Å². The van der Waals surface area contributed by atoms with Crippen molar-refractivity contribution in [3.63, 3.8) is 0 Å². The first kappa shape index (κ1) is 25.9. The molecule has 0 fully saturated rings. The van der Waals surface area contributed by atoms with Crippen molar-refractivity contribution in [1.82, 2.24) is 29.4 Å². The van der Waals surface area contributed by atoms with Crippen molar-refractivity contribution in [1.29, 1.82) is 0 Å². The maximum atomic E-state index is 14.4. The first-order chi connectivity index (χ1) is 19.2. The molecule has 1 aliphatic heterocycles. The van der Waals surface area contributed by atoms with E-state index in [0.29, 0.717) is 30.2 Å². The number of carbonyl (C=O) groups is 1. The zero-order valence-electron chi connectivity index (χ0n) is 22.8. The van der Waals surface area contributed by atoms with E-state index in [-0.39, 0.29) is 23.9 Å². The summed E-state index contributed by atoms with van der Waals surface area (Å²) in [7, 11) is 1.87. The summed E-state index contributed by atoms with van der Waals surface area (Å²) >= 11 is 1.59. The molecule has 1 aromatic carbocycles. The van der Waals surface area contributed by atoms with Crippen LogP contribution in [0, 0.1) is 5.82 Å². The van der Waals surface area contributed by atoms with Crippen LogP contribution in [0.5, 0.6) is 5.75 Å². The highest BCUT2D eigenvalue weighted by molar-refractivity contribution is 7.18. The van der Waals surface area contributed by atoms with E-state index in [2.05, 4.69) is 11.7 Å². The van der Waals surface area contributed by atoms with Crippen molar-refractivity contribution in [2.24, 2.45) is 7.05 Å². The summed E-state index contributed by atoms with van der Waals surface area (Å²) in [5.74, 6) is -0.0371. The number of pyridine rings is 1. The third kappa shape index (κ3) is 4.48. The number of ether oxygens (including phenoxy) is 1. The summed E-state index contributed by atoms with van der Waals surface area (Å²) in [4.78, 5) is 19.5. The third-order valence-corrected chi connectivity index (χ3v) is 7.96. The standard InChI is InChI=1S/C30H29FN6O2S/c1-6-26(38)36-16-21-12-24(34-37(21)14-18(36)4)29-27(22-8-7-20(31)11-25(22)39-17(2)3)30-23(9-10-40-30)28(33-29)19-13-32-35(5)15-19/h6-13,15,17-18H,1,14,16H2,2-5H3/t18-/m0/s1. The molecule has 204 valence electrons. The Morgan fingerprint density at radius 2 is 2.08 bits per heavy atom. The molecule has 5 aromatic rings. The highest BCUT2D eigenvalue weighted by Crippen LogP contribution is 2.46. The van der Waals surface area contributed by atoms with Gasteiger partial charge in [-0.1, -0.05) is 6.58 Å². The van der Waals surface area contributed by atoms with Crippen LogP contribution < -0.4 is 4.74 Å². The van der Waals surface area contributed by atoms with Crippen LogP contribution in [0.4, 0.5) is 4.39 Å². The number of halogens is 1. The number of rotatable bonds is 6. The van der Waals surface area contributed by atoms with Gasteiger partial charge in [0.2, 0.25) is 5.91 Å². The lowest BCUT2D eigenvalue weighted by atomic mass is 9.97. The van der Waals surface area contributed by atoms with E-state index in [1.165, 1.54) is 18.2 Å². The average Bonchev–Trinajstić information content (AvgIpc) is 3.66. The molecule has 0 N–H and O–H groups in total. The van der Waals surface area contributed by atoms with Crippen LogP contribution in [0.25, 0.3) is 43.9 Å². The minimum atomic E-state index is -0.373. The number of carbonyl (C=O) groups excluding carboxylic acids is 1. The molecule has 0 radical (unpaired) electrons. The van der Waals surface area contributed by atoms with E-state index >= 15 is 0 Å². The Morgan fingerprint density at radius 1 is 1.25 bits per heavy atom. The quantitative estimate of drug-likeness (QED) is 0.237. The van der Waals surface area contributed by atoms with Gasteiger partial charge >= 0.3 is 0 Å². The van der Waals surface area contributed by atoms with E-state index in [9.17, 15) is 9.18 Å². The van der Waals surface area contributed by atoms with Gasteiger partial charge in [-0.25, -0.2) is 9.37 Å². The van der Waals surface area contributed by atoms with Crippen LogP contribution in [0.3, 0.4) is 0 Å². The molecule has 4 aromatic heterocycles. The van der Waals surface area contributed by atoms with E-state index < -0.39 is 0 Å². The summed E-state index contributed by atoms with van der Waals surface area (Å²) in [5, 5.41) is 12.3. The van der Waals surface area contributed by atoms with Crippen LogP contribution in [0.1, 0.15) is 26.5 Å². The Hall–Kier alpha value is -4.31. The number of benzene rings is 1. The lowest BCUT2D eigenvalue weighted by Crippen LogP contribution is -2.44. The summed E-state index contributed by atoms with van der Waals surface area (Å²) < 4.78 is 25.2. The molecular weight excluding hydrogens is 527 g/mol. The predicted octanol–water partition coefficient (Wildman–Crippen LogP) is 6.07. The zero-order chi connectivity index (χ0) is 28.1. The van der Waals surface area contributed by atoms with Gasteiger partial charge < -0.3 is 9.64 Å². The highest BCUT2D eigenvalue weighted by atomic mass is 32.1. The second kappa shape index (κ2) is 10.0. The van der Waals surface area contributed by atoms with Gasteiger partial charge in [-0.2, -0.15) is 10.2 Å². The fourth-order valence-electron chi connectivity index (χ4n) is 5.23. The molecule has 0 bridgehead atoms. The van der Waals surface area contributed by atoms with Crippen molar-refractivity contribution in [2.45, 2.75) is 46.0 Å². The minimum Gasteiger partial charge on any atom is -0.490 e. The fraction of sp³-hybridized carbons (Fsp3) is 0.267. The average molecular weight is 557 g/mol. The summed E-state index contributed by atoms with van der Waals surface area (Å²) in [6, 6.07) is 8.62. The zero-order valence-corrected chi connectivity index (χ0v) is 23.6. The van der Waals surface area contributed by atoms with E-state index in [0.717, 1.165) is 38.2 Å². The Kier molecular flexibility index (Phi) is 6.50.